The van der Waals surface area contributed by atoms with Crippen molar-refractivity contribution in [3.8, 4) is 0 Å². The highest BCUT2D eigenvalue weighted by molar-refractivity contribution is 5.83. The highest BCUT2D eigenvalue weighted by Crippen LogP contribution is 2.05. The van der Waals surface area contributed by atoms with Crippen LogP contribution in [0.3, 0.4) is 0 Å². The normalized spacial score (nSPS) is 10.8. The van der Waals surface area contributed by atoms with Crippen LogP contribution in [0.1, 0.15) is 12.5 Å². The Morgan fingerprint density at radius 1 is 1.29 bits per heavy atom. The van der Waals surface area contributed by atoms with Gasteiger partial charge in [0.2, 0.25) is 0 Å². The zero-order valence-electron chi connectivity index (χ0n) is 7.77. The highest BCUT2D eigenvalue weighted by atomic mass is 16.5. The summed E-state index contributed by atoms with van der Waals surface area (Å²) in [6, 6.07) is 9.16. The van der Waals surface area contributed by atoms with Crippen LogP contribution in [0.4, 0.5) is 0 Å². The molecular weight excluding hydrogens is 180 g/mol. The van der Waals surface area contributed by atoms with Crippen molar-refractivity contribution in [2.75, 3.05) is 0 Å². The summed E-state index contributed by atoms with van der Waals surface area (Å²) in [6.07, 6.45) is 2.02. The lowest BCUT2D eigenvalue weighted by atomic mass is 10.2. The molecule has 1 aromatic rings. The summed E-state index contributed by atoms with van der Waals surface area (Å²) in [7, 11) is 0. The van der Waals surface area contributed by atoms with E-state index in [0.29, 0.717) is 6.29 Å². The second kappa shape index (κ2) is 4.97. The molecule has 0 aliphatic heterocycles. The van der Waals surface area contributed by atoms with Gasteiger partial charge >= 0.3 is 5.97 Å². The van der Waals surface area contributed by atoms with Gasteiger partial charge in [0.15, 0.2) is 12.0 Å². The number of aldehydes is 1. The van der Waals surface area contributed by atoms with Crippen LogP contribution in [0.25, 0.3) is 6.08 Å². The van der Waals surface area contributed by atoms with Crippen molar-refractivity contribution in [1.82, 2.24) is 0 Å². The van der Waals surface area contributed by atoms with Crippen LogP contribution in [0.15, 0.2) is 36.1 Å². The number of esters is 1. The summed E-state index contributed by atoms with van der Waals surface area (Å²) in [5, 5.41) is 0. The number of ether oxygens (including phenoxy) is 1. The molecule has 0 aromatic heterocycles. The van der Waals surface area contributed by atoms with Crippen molar-refractivity contribution >= 4 is 18.3 Å². The summed E-state index contributed by atoms with van der Waals surface area (Å²) >= 11 is 0. The second-order valence-electron chi connectivity index (χ2n) is 2.67. The van der Waals surface area contributed by atoms with E-state index in [1.807, 2.05) is 30.3 Å². The summed E-state index contributed by atoms with van der Waals surface area (Å²) in [4.78, 5) is 21.1. The Kier molecular flexibility index (Phi) is 3.61. The molecule has 0 aliphatic rings. The SMILES string of the molecule is CC(=O)OC(C=O)=Cc1ccccc1. The van der Waals surface area contributed by atoms with Crippen LogP contribution in [0.5, 0.6) is 0 Å². The smallest absolute Gasteiger partial charge is 0.308 e. The van der Waals surface area contributed by atoms with Crippen molar-refractivity contribution in [1.29, 1.82) is 0 Å². The van der Waals surface area contributed by atoms with E-state index in [1.165, 1.54) is 13.0 Å². The van der Waals surface area contributed by atoms with E-state index in [0.717, 1.165) is 5.56 Å². The number of allylic oxidation sites excluding steroid dienone is 1. The summed E-state index contributed by atoms with van der Waals surface area (Å²) in [5.74, 6) is -0.483. The fourth-order valence-corrected chi connectivity index (χ4v) is 0.967. The molecule has 0 unspecified atom stereocenters. The summed E-state index contributed by atoms with van der Waals surface area (Å²) in [5.41, 5.74) is 0.816. The standard InChI is InChI=1S/C11H10O3/c1-9(13)14-11(8-12)7-10-5-3-2-4-6-10/h2-8H,1H3. The minimum Gasteiger partial charge on any atom is -0.423 e. The van der Waals surface area contributed by atoms with Crippen LogP contribution in [0, 0.1) is 0 Å². The predicted molar refractivity (Wildman–Crippen MR) is 52.2 cm³/mol. The molecule has 0 saturated heterocycles. The first-order valence-corrected chi connectivity index (χ1v) is 4.12. The molecule has 0 amide bonds. The molecule has 0 aliphatic carbocycles. The molecule has 0 N–H and O–H groups in total. The lowest BCUT2D eigenvalue weighted by molar-refractivity contribution is -0.138. The van der Waals surface area contributed by atoms with Gasteiger partial charge in [-0.1, -0.05) is 30.3 Å². The molecule has 1 aromatic carbocycles. The van der Waals surface area contributed by atoms with E-state index in [-0.39, 0.29) is 5.76 Å². The number of hydrogen-bond acceptors (Lipinski definition) is 3. The van der Waals surface area contributed by atoms with E-state index in [2.05, 4.69) is 4.74 Å². The van der Waals surface area contributed by atoms with Crippen molar-refractivity contribution < 1.29 is 14.3 Å². The molecule has 3 nitrogen and oxygen atoms in total. The highest BCUT2D eigenvalue weighted by Gasteiger charge is 1.99. The number of rotatable bonds is 3. The maximum atomic E-state index is 10.6. The van der Waals surface area contributed by atoms with E-state index in [1.54, 1.807) is 0 Å². The van der Waals surface area contributed by atoms with Gasteiger partial charge in [-0.25, -0.2) is 0 Å². The van der Waals surface area contributed by atoms with Crippen LogP contribution in [-0.2, 0) is 14.3 Å². The molecule has 0 heterocycles. The molecule has 3 heteroatoms. The maximum absolute atomic E-state index is 10.6. The Morgan fingerprint density at radius 3 is 2.43 bits per heavy atom. The largest absolute Gasteiger partial charge is 0.423 e. The number of hydrogen-bond donors (Lipinski definition) is 0. The van der Waals surface area contributed by atoms with Crippen LogP contribution in [-0.4, -0.2) is 12.3 Å². The first kappa shape index (κ1) is 10.2. The van der Waals surface area contributed by atoms with Crippen molar-refractivity contribution in [3.63, 3.8) is 0 Å². The number of benzene rings is 1. The molecule has 0 saturated carbocycles. The predicted octanol–water partition coefficient (Wildman–Crippen LogP) is 1.79. The van der Waals surface area contributed by atoms with Gasteiger partial charge in [-0.05, 0) is 11.6 Å². The Labute approximate surface area is 82.0 Å². The van der Waals surface area contributed by atoms with Gasteiger partial charge < -0.3 is 4.74 Å². The zero-order chi connectivity index (χ0) is 10.4. The fraction of sp³-hybridized carbons (Fsp3) is 0.0909. The third-order valence-electron chi connectivity index (χ3n) is 1.49. The number of carbonyl (C=O) groups is 2. The Hall–Kier alpha value is -1.90. The van der Waals surface area contributed by atoms with Crippen molar-refractivity contribution in [3.05, 3.63) is 41.7 Å². The summed E-state index contributed by atoms with van der Waals surface area (Å²) < 4.78 is 4.66. The molecule has 0 atom stereocenters. The molecule has 1 rings (SSSR count). The lowest BCUT2D eigenvalue weighted by Gasteiger charge is -1.98. The van der Waals surface area contributed by atoms with Gasteiger partial charge in [-0.3, -0.25) is 9.59 Å². The first-order valence-electron chi connectivity index (χ1n) is 4.12. The zero-order valence-corrected chi connectivity index (χ0v) is 7.77. The number of carbonyl (C=O) groups excluding carboxylic acids is 2. The molecule has 0 spiro atoms. The van der Waals surface area contributed by atoms with Crippen LogP contribution >= 0.6 is 0 Å². The first-order chi connectivity index (χ1) is 6.72. The second-order valence-corrected chi connectivity index (χ2v) is 2.67. The monoisotopic (exact) mass is 190 g/mol. The minimum atomic E-state index is -0.501. The Bertz CT molecular complexity index is 352. The van der Waals surface area contributed by atoms with E-state index >= 15 is 0 Å². The quantitative estimate of drug-likeness (QED) is 0.316. The maximum Gasteiger partial charge on any atom is 0.308 e. The van der Waals surface area contributed by atoms with Gasteiger partial charge in [-0.2, -0.15) is 0 Å². The molecular formula is C11H10O3. The Balaban J connectivity index is 2.84. The molecule has 14 heavy (non-hydrogen) atoms. The minimum absolute atomic E-state index is 0.0173. The fourth-order valence-electron chi connectivity index (χ4n) is 0.967. The van der Waals surface area contributed by atoms with Gasteiger partial charge in [0, 0.05) is 6.92 Å². The van der Waals surface area contributed by atoms with Gasteiger partial charge in [0.1, 0.15) is 0 Å². The molecule has 0 radical (unpaired) electrons. The Morgan fingerprint density at radius 2 is 1.93 bits per heavy atom. The van der Waals surface area contributed by atoms with Crippen molar-refractivity contribution in [2.24, 2.45) is 0 Å². The van der Waals surface area contributed by atoms with E-state index in [4.69, 9.17) is 0 Å². The molecule has 0 bridgehead atoms. The topological polar surface area (TPSA) is 43.4 Å². The van der Waals surface area contributed by atoms with Crippen LogP contribution < -0.4 is 0 Å². The third-order valence-corrected chi connectivity index (χ3v) is 1.49. The molecule has 0 fully saturated rings. The summed E-state index contributed by atoms with van der Waals surface area (Å²) in [6.45, 7) is 1.25. The molecule has 72 valence electrons. The van der Waals surface area contributed by atoms with Gasteiger partial charge in [0.05, 0.1) is 0 Å². The average Bonchev–Trinajstić information content (AvgIpc) is 2.17. The van der Waals surface area contributed by atoms with Gasteiger partial charge in [0.25, 0.3) is 0 Å². The van der Waals surface area contributed by atoms with E-state index in [9.17, 15) is 9.59 Å². The average molecular weight is 190 g/mol. The van der Waals surface area contributed by atoms with E-state index < -0.39 is 5.97 Å². The third kappa shape index (κ3) is 3.23. The van der Waals surface area contributed by atoms with Gasteiger partial charge in [-0.15, -0.1) is 0 Å². The van der Waals surface area contributed by atoms with Crippen LogP contribution in [0.2, 0.25) is 0 Å². The van der Waals surface area contributed by atoms with Crippen molar-refractivity contribution in [2.45, 2.75) is 6.92 Å². The lowest BCUT2D eigenvalue weighted by Crippen LogP contribution is -1.99.